The lowest BCUT2D eigenvalue weighted by Crippen LogP contribution is -2.37. The van der Waals surface area contributed by atoms with E-state index in [4.69, 9.17) is 4.74 Å². The van der Waals surface area contributed by atoms with Crippen LogP contribution in [-0.4, -0.2) is 30.2 Å². The molecule has 4 heteroatoms. The van der Waals surface area contributed by atoms with Crippen molar-refractivity contribution >= 4 is 5.82 Å². The summed E-state index contributed by atoms with van der Waals surface area (Å²) in [7, 11) is 1.58. The van der Waals surface area contributed by atoms with E-state index in [0.717, 1.165) is 18.9 Å². The lowest BCUT2D eigenvalue weighted by atomic mass is 10.2. The Morgan fingerprint density at radius 3 is 2.92 bits per heavy atom. The summed E-state index contributed by atoms with van der Waals surface area (Å²) in [6, 6.07) is 2.35. The van der Waals surface area contributed by atoms with Gasteiger partial charge >= 0.3 is 6.01 Å². The summed E-state index contributed by atoms with van der Waals surface area (Å²) < 4.78 is 4.92. The van der Waals surface area contributed by atoms with Gasteiger partial charge < -0.3 is 9.64 Å². The molecule has 0 bridgehead atoms. The summed E-state index contributed by atoms with van der Waals surface area (Å²) in [5, 5.41) is 0. The lowest BCUT2D eigenvalue weighted by molar-refractivity contribution is 0.379. The van der Waals surface area contributed by atoms with Gasteiger partial charge in [0.15, 0.2) is 0 Å². The zero-order valence-electron chi connectivity index (χ0n) is 7.03. The highest BCUT2D eigenvalue weighted by molar-refractivity contribution is 5.40. The van der Waals surface area contributed by atoms with Crippen molar-refractivity contribution < 1.29 is 4.74 Å². The summed E-state index contributed by atoms with van der Waals surface area (Å²) in [5.74, 6) is 0.966. The first-order chi connectivity index (χ1) is 5.90. The molecule has 1 aromatic heterocycles. The topological polar surface area (TPSA) is 38.2 Å². The monoisotopic (exact) mass is 165 g/mol. The minimum absolute atomic E-state index is 0.444. The summed E-state index contributed by atoms with van der Waals surface area (Å²) in [5.41, 5.74) is 0. The molecule has 1 fully saturated rings. The molecule has 0 aliphatic carbocycles. The summed E-state index contributed by atoms with van der Waals surface area (Å²) in [6.07, 6.45) is 2.98. The molecule has 1 aliphatic heterocycles. The molecule has 0 unspecified atom stereocenters. The zero-order chi connectivity index (χ0) is 8.39. The van der Waals surface area contributed by atoms with Gasteiger partial charge in [-0.3, -0.25) is 0 Å². The average molecular weight is 165 g/mol. The highest BCUT2D eigenvalue weighted by Gasteiger charge is 2.15. The van der Waals surface area contributed by atoms with Gasteiger partial charge in [0.25, 0.3) is 0 Å². The minimum atomic E-state index is 0.444. The van der Waals surface area contributed by atoms with Crippen LogP contribution in [0, 0.1) is 0 Å². The third-order valence-electron chi connectivity index (χ3n) is 1.98. The SMILES string of the molecule is COc1nccc(N2CCC2)n1. The van der Waals surface area contributed by atoms with Gasteiger partial charge in [0.2, 0.25) is 0 Å². The number of anilines is 1. The van der Waals surface area contributed by atoms with Gasteiger partial charge in [0.1, 0.15) is 5.82 Å². The molecular formula is C8H11N3O. The molecule has 0 amide bonds. The second kappa shape index (κ2) is 2.97. The predicted molar refractivity (Wildman–Crippen MR) is 45.4 cm³/mol. The van der Waals surface area contributed by atoms with Gasteiger partial charge in [-0.2, -0.15) is 4.98 Å². The highest BCUT2D eigenvalue weighted by Crippen LogP contribution is 2.18. The fraction of sp³-hybridized carbons (Fsp3) is 0.500. The number of hydrogen-bond donors (Lipinski definition) is 0. The Bertz CT molecular complexity index is 273. The first kappa shape index (κ1) is 7.34. The van der Waals surface area contributed by atoms with Gasteiger partial charge in [0.05, 0.1) is 7.11 Å². The van der Waals surface area contributed by atoms with Crippen LogP contribution in [0.2, 0.25) is 0 Å². The maximum absolute atomic E-state index is 4.92. The van der Waals surface area contributed by atoms with Gasteiger partial charge in [-0.1, -0.05) is 0 Å². The van der Waals surface area contributed by atoms with Crippen LogP contribution < -0.4 is 9.64 Å². The quantitative estimate of drug-likeness (QED) is 0.646. The Hall–Kier alpha value is -1.32. The minimum Gasteiger partial charge on any atom is -0.467 e. The normalized spacial score (nSPS) is 15.6. The molecule has 0 atom stereocenters. The Kier molecular flexibility index (Phi) is 1.81. The van der Waals surface area contributed by atoms with E-state index in [0.29, 0.717) is 6.01 Å². The van der Waals surface area contributed by atoms with Crippen molar-refractivity contribution in [3.8, 4) is 6.01 Å². The number of nitrogens with zero attached hydrogens (tertiary/aromatic N) is 3. The van der Waals surface area contributed by atoms with Crippen molar-refractivity contribution in [2.75, 3.05) is 25.1 Å². The van der Waals surface area contributed by atoms with Crippen LogP contribution in [0.4, 0.5) is 5.82 Å². The van der Waals surface area contributed by atoms with E-state index in [-0.39, 0.29) is 0 Å². The molecule has 1 aliphatic rings. The maximum Gasteiger partial charge on any atom is 0.318 e. The highest BCUT2D eigenvalue weighted by atomic mass is 16.5. The molecular weight excluding hydrogens is 154 g/mol. The summed E-state index contributed by atoms with van der Waals surface area (Å²) >= 11 is 0. The molecule has 2 rings (SSSR count). The molecule has 1 aromatic rings. The van der Waals surface area contributed by atoms with E-state index in [1.807, 2.05) is 6.07 Å². The molecule has 0 aromatic carbocycles. The van der Waals surface area contributed by atoms with Gasteiger partial charge in [-0.05, 0) is 12.5 Å². The van der Waals surface area contributed by atoms with Crippen LogP contribution in [0.1, 0.15) is 6.42 Å². The first-order valence-electron chi connectivity index (χ1n) is 4.02. The number of methoxy groups -OCH3 is 1. The molecule has 0 saturated carbocycles. The molecule has 1 saturated heterocycles. The Labute approximate surface area is 71.2 Å². The van der Waals surface area contributed by atoms with Crippen molar-refractivity contribution in [1.29, 1.82) is 0 Å². The second-order valence-electron chi connectivity index (χ2n) is 2.74. The van der Waals surface area contributed by atoms with Crippen LogP contribution in [0.25, 0.3) is 0 Å². The molecule has 4 nitrogen and oxygen atoms in total. The maximum atomic E-state index is 4.92. The van der Waals surface area contributed by atoms with E-state index in [2.05, 4.69) is 14.9 Å². The van der Waals surface area contributed by atoms with Crippen molar-refractivity contribution in [1.82, 2.24) is 9.97 Å². The fourth-order valence-corrected chi connectivity index (χ4v) is 1.15. The van der Waals surface area contributed by atoms with E-state index < -0.39 is 0 Å². The Balaban J connectivity index is 2.19. The summed E-state index contributed by atoms with van der Waals surface area (Å²) in [4.78, 5) is 10.3. The van der Waals surface area contributed by atoms with Gasteiger partial charge in [-0.25, -0.2) is 4.98 Å². The van der Waals surface area contributed by atoms with Crippen LogP contribution in [-0.2, 0) is 0 Å². The largest absolute Gasteiger partial charge is 0.467 e. The van der Waals surface area contributed by atoms with Gasteiger partial charge in [-0.15, -0.1) is 0 Å². The third-order valence-corrected chi connectivity index (χ3v) is 1.98. The fourth-order valence-electron chi connectivity index (χ4n) is 1.15. The van der Waals surface area contributed by atoms with Crippen LogP contribution >= 0.6 is 0 Å². The number of aromatic nitrogens is 2. The molecule has 0 N–H and O–H groups in total. The first-order valence-corrected chi connectivity index (χ1v) is 4.02. The molecule has 2 heterocycles. The lowest BCUT2D eigenvalue weighted by Gasteiger charge is -2.31. The van der Waals surface area contributed by atoms with E-state index in [9.17, 15) is 0 Å². The van der Waals surface area contributed by atoms with Crippen LogP contribution in [0.5, 0.6) is 6.01 Å². The zero-order valence-corrected chi connectivity index (χ0v) is 7.03. The average Bonchev–Trinajstić information content (AvgIpc) is 2.02. The van der Waals surface area contributed by atoms with Crippen molar-refractivity contribution in [2.24, 2.45) is 0 Å². The van der Waals surface area contributed by atoms with Crippen molar-refractivity contribution in [2.45, 2.75) is 6.42 Å². The Morgan fingerprint density at radius 2 is 2.33 bits per heavy atom. The Morgan fingerprint density at radius 1 is 1.50 bits per heavy atom. The number of ether oxygens (including phenoxy) is 1. The van der Waals surface area contributed by atoms with Crippen LogP contribution in [0.3, 0.4) is 0 Å². The summed E-state index contributed by atoms with van der Waals surface area (Å²) in [6.45, 7) is 2.19. The predicted octanol–water partition coefficient (Wildman–Crippen LogP) is 0.695. The molecule has 0 spiro atoms. The van der Waals surface area contributed by atoms with E-state index >= 15 is 0 Å². The second-order valence-corrected chi connectivity index (χ2v) is 2.74. The van der Waals surface area contributed by atoms with Gasteiger partial charge in [0, 0.05) is 19.3 Å². The van der Waals surface area contributed by atoms with E-state index in [1.165, 1.54) is 6.42 Å². The molecule has 0 radical (unpaired) electrons. The smallest absolute Gasteiger partial charge is 0.318 e. The van der Waals surface area contributed by atoms with Crippen molar-refractivity contribution in [3.05, 3.63) is 12.3 Å². The molecule has 64 valence electrons. The molecule has 12 heavy (non-hydrogen) atoms. The van der Waals surface area contributed by atoms with Crippen LogP contribution in [0.15, 0.2) is 12.3 Å². The van der Waals surface area contributed by atoms with Crippen molar-refractivity contribution in [3.63, 3.8) is 0 Å². The number of rotatable bonds is 2. The standard InChI is InChI=1S/C8H11N3O/c1-12-8-9-4-3-7(10-8)11-5-2-6-11/h3-4H,2,5-6H2,1H3. The van der Waals surface area contributed by atoms with E-state index in [1.54, 1.807) is 13.3 Å². The third kappa shape index (κ3) is 1.20. The number of hydrogen-bond acceptors (Lipinski definition) is 4.